The first-order valence-corrected chi connectivity index (χ1v) is 7.35. The number of nitrogens with zero attached hydrogens (tertiary/aromatic N) is 1. The maximum Gasteiger partial charge on any atom is 0.222 e. The number of carbonyl (C=O) groups excluding carboxylic acids is 2. The van der Waals surface area contributed by atoms with Crippen molar-refractivity contribution < 1.29 is 9.59 Å². The van der Waals surface area contributed by atoms with Gasteiger partial charge in [-0.3, -0.25) is 9.59 Å². The van der Waals surface area contributed by atoms with Crippen LogP contribution in [0.5, 0.6) is 0 Å². The van der Waals surface area contributed by atoms with E-state index in [0.717, 1.165) is 38.6 Å². The molecule has 5 nitrogen and oxygen atoms in total. The van der Waals surface area contributed by atoms with Crippen molar-refractivity contribution in [1.29, 1.82) is 0 Å². The third kappa shape index (κ3) is 5.19. The van der Waals surface area contributed by atoms with Gasteiger partial charge in [0.15, 0.2) is 0 Å². The molecule has 0 aromatic rings. The fourth-order valence-corrected chi connectivity index (χ4v) is 2.71. The minimum Gasteiger partial charge on any atom is -0.369 e. The molecule has 0 spiro atoms. The highest BCUT2D eigenvalue weighted by molar-refractivity contribution is 5.80. The van der Waals surface area contributed by atoms with Gasteiger partial charge in [-0.2, -0.15) is 0 Å². The SMILES string of the molecule is CCC(CCN)CCC(=O)N1CCCC(C(N)=O)C1. The molecule has 1 saturated heterocycles. The minimum atomic E-state index is -0.285. The Hall–Kier alpha value is -1.10. The second-order valence-electron chi connectivity index (χ2n) is 5.47. The standard InChI is InChI=1S/C14H27N3O2/c1-2-11(7-8-15)5-6-13(18)17-9-3-4-12(10-17)14(16)19/h11-12H,2-10,15H2,1H3,(H2,16,19). The van der Waals surface area contributed by atoms with Crippen LogP contribution in [0.1, 0.15) is 45.4 Å². The zero-order valence-corrected chi connectivity index (χ0v) is 11.9. The number of nitrogens with two attached hydrogens (primary N) is 2. The molecule has 1 heterocycles. The summed E-state index contributed by atoms with van der Waals surface area (Å²) in [5, 5.41) is 0. The highest BCUT2D eigenvalue weighted by Crippen LogP contribution is 2.19. The predicted octanol–water partition coefficient (Wildman–Crippen LogP) is 0.866. The van der Waals surface area contributed by atoms with Crippen LogP contribution in [-0.2, 0) is 9.59 Å². The van der Waals surface area contributed by atoms with Gasteiger partial charge in [-0.05, 0) is 38.1 Å². The first-order valence-electron chi connectivity index (χ1n) is 7.35. The average molecular weight is 269 g/mol. The van der Waals surface area contributed by atoms with Gasteiger partial charge in [0.1, 0.15) is 0 Å². The van der Waals surface area contributed by atoms with Crippen molar-refractivity contribution in [3.63, 3.8) is 0 Å². The van der Waals surface area contributed by atoms with E-state index in [2.05, 4.69) is 6.92 Å². The Morgan fingerprint density at radius 2 is 2.11 bits per heavy atom. The molecule has 5 heteroatoms. The molecule has 19 heavy (non-hydrogen) atoms. The fourth-order valence-electron chi connectivity index (χ4n) is 2.71. The van der Waals surface area contributed by atoms with Crippen LogP contribution in [0, 0.1) is 11.8 Å². The Morgan fingerprint density at radius 1 is 1.37 bits per heavy atom. The van der Waals surface area contributed by atoms with E-state index in [0.29, 0.717) is 25.4 Å². The molecule has 0 bridgehead atoms. The van der Waals surface area contributed by atoms with Gasteiger partial charge >= 0.3 is 0 Å². The first-order chi connectivity index (χ1) is 9.08. The smallest absolute Gasteiger partial charge is 0.222 e. The molecule has 2 amide bonds. The summed E-state index contributed by atoms with van der Waals surface area (Å²) in [7, 11) is 0. The monoisotopic (exact) mass is 269 g/mol. The number of likely N-dealkylation sites (tertiary alicyclic amines) is 1. The van der Waals surface area contributed by atoms with Gasteiger partial charge in [0.05, 0.1) is 5.92 Å². The molecule has 110 valence electrons. The molecule has 0 aromatic carbocycles. The molecule has 0 radical (unpaired) electrons. The van der Waals surface area contributed by atoms with Gasteiger partial charge in [-0.25, -0.2) is 0 Å². The van der Waals surface area contributed by atoms with Crippen LogP contribution in [0.4, 0.5) is 0 Å². The minimum absolute atomic E-state index is 0.154. The number of carbonyl (C=O) groups is 2. The number of piperidine rings is 1. The van der Waals surface area contributed by atoms with E-state index in [4.69, 9.17) is 11.5 Å². The number of hydrogen-bond donors (Lipinski definition) is 2. The van der Waals surface area contributed by atoms with Crippen LogP contribution < -0.4 is 11.5 Å². The average Bonchev–Trinajstić information content (AvgIpc) is 2.43. The van der Waals surface area contributed by atoms with Crippen molar-refractivity contribution in [3.05, 3.63) is 0 Å². The summed E-state index contributed by atoms with van der Waals surface area (Å²) in [4.78, 5) is 25.1. The first kappa shape index (κ1) is 16.0. The molecule has 1 aliphatic heterocycles. The molecular formula is C14H27N3O2. The fraction of sp³-hybridized carbons (Fsp3) is 0.857. The van der Waals surface area contributed by atoms with E-state index in [1.54, 1.807) is 4.90 Å². The molecule has 0 saturated carbocycles. The van der Waals surface area contributed by atoms with Crippen LogP contribution in [0.25, 0.3) is 0 Å². The topological polar surface area (TPSA) is 89.4 Å². The Balaban J connectivity index is 2.38. The summed E-state index contributed by atoms with van der Waals surface area (Å²) in [6.45, 7) is 4.08. The molecule has 0 aromatic heterocycles. The predicted molar refractivity (Wildman–Crippen MR) is 75.2 cm³/mol. The number of primary amides is 1. The molecule has 2 atom stereocenters. The highest BCUT2D eigenvalue weighted by Gasteiger charge is 2.26. The van der Waals surface area contributed by atoms with Crippen LogP contribution in [0.15, 0.2) is 0 Å². The number of amides is 2. The van der Waals surface area contributed by atoms with E-state index < -0.39 is 0 Å². The lowest BCUT2D eigenvalue weighted by atomic mass is 9.94. The Bertz CT molecular complexity index is 307. The second-order valence-corrected chi connectivity index (χ2v) is 5.47. The lowest BCUT2D eigenvalue weighted by Gasteiger charge is -2.31. The molecule has 1 aliphatic rings. The highest BCUT2D eigenvalue weighted by atomic mass is 16.2. The van der Waals surface area contributed by atoms with Crippen LogP contribution in [0.2, 0.25) is 0 Å². The maximum absolute atomic E-state index is 12.1. The molecule has 4 N–H and O–H groups in total. The summed E-state index contributed by atoms with van der Waals surface area (Å²) in [5.41, 5.74) is 10.9. The lowest BCUT2D eigenvalue weighted by molar-refractivity contribution is -0.135. The summed E-state index contributed by atoms with van der Waals surface area (Å²) in [6, 6.07) is 0. The van der Waals surface area contributed by atoms with Gasteiger partial charge in [0.25, 0.3) is 0 Å². The second kappa shape index (κ2) is 8.15. The van der Waals surface area contributed by atoms with Crippen molar-refractivity contribution >= 4 is 11.8 Å². The van der Waals surface area contributed by atoms with Gasteiger partial charge in [-0.1, -0.05) is 13.3 Å². The van der Waals surface area contributed by atoms with Crippen LogP contribution >= 0.6 is 0 Å². The van der Waals surface area contributed by atoms with Crippen LogP contribution in [0.3, 0.4) is 0 Å². The zero-order valence-electron chi connectivity index (χ0n) is 11.9. The van der Waals surface area contributed by atoms with E-state index >= 15 is 0 Å². The summed E-state index contributed by atoms with van der Waals surface area (Å²) in [6.07, 6.45) is 5.18. The van der Waals surface area contributed by atoms with Crippen LogP contribution in [-0.4, -0.2) is 36.3 Å². The van der Waals surface area contributed by atoms with Crippen molar-refractivity contribution in [3.8, 4) is 0 Å². The molecular weight excluding hydrogens is 242 g/mol. The zero-order chi connectivity index (χ0) is 14.3. The van der Waals surface area contributed by atoms with Crippen molar-refractivity contribution in [2.75, 3.05) is 19.6 Å². The quantitative estimate of drug-likeness (QED) is 0.718. The lowest BCUT2D eigenvalue weighted by Crippen LogP contribution is -2.44. The summed E-state index contributed by atoms with van der Waals surface area (Å²) >= 11 is 0. The number of hydrogen-bond acceptors (Lipinski definition) is 3. The van der Waals surface area contributed by atoms with Gasteiger partial charge in [0, 0.05) is 19.5 Å². The van der Waals surface area contributed by atoms with Crippen molar-refractivity contribution in [2.24, 2.45) is 23.3 Å². The normalized spacial score (nSPS) is 21.2. The summed E-state index contributed by atoms with van der Waals surface area (Å²) in [5.74, 6) is 0.239. The van der Waals surface area contributed by atoms with E-state index in [1.165, 1.54) is 0 Å². The van der Waals surface area contributed by atoms with Crippen molar-refractivity contribution in [2.45, 2.75) is 45.4 Å². The van der Waals surface area contributed by atoms with E-state index in [-0.39, 0.29) is 17.7 Å². The summed E-state index contributed by atoms with van der Waals surface area (Å²) < 4.78 is 0. The third-order valence-electron chi connectivity index (χ3n) is 4.10. The van der Waals surface area contributed by atoms with Gasteiger partial charge < -0.3 is 16.4 Å². The maximum atomic E-state index is 12.1. The molecule has 0 aliphatic carbocycles. The molecule has 1 rings (SSSR count). The van der Waals surface area contributed by atoms with E-state index in [1.807, 2.05) is 0 Å². The Kier molecular flexibility index (Phi) is 6.84. The molecule has 1 fully saturated rings. The van der Waals surface area contributed by atoms with Crippen molar-refractivity contribution in [1.82, 2.24) is 4.90 Å². The Labute approximate surface area is 115 Å². The Morgan fingerprint density at radius 3 is 2.68 bits per heavy atom. The largest absolute Gasteiger partial charge is 0.369 e. The molecule has 2 unspecified atom stereocenters. The number of rotatable bonds is 7. The van der Waals surface area contributed by atoms with Gasteiger partial charge in [0.2, 0.25) is 11.8 Å². The van der Waals surface area contributed by atoms with E-state index in [9.17, 15) is 9.59 Å². The third-order valence-corrected chi connectivity index (χ3v) is 4.10. The van der Waals surface area contributed by atoms with Gasteiger partial charge in [-0.15, -0.1) is 0 Å².